The minimum Gasteiger partial charge on any atom is -0.496 e. The fourth-order valence-corrected chi connectivity index (χ4v) is 3.05. The third kappa shape index (κ3) is 2.72. The molecule has 0 aromatic heterocycles. The van der Waals surface area contributed by atoms with Gasteiger partial charge in [-0.05, 0) is 42.7 Å². The number of aryl methyl sites for hydroxylation is 2. The SMILES string of the molecule is COc1c(C)cc(C(N)c2c(F)cccc2Br)cc1C. The number of rotatable bonds is 3. The molecule has 0 spiro atoms. The van der Waals surface area contributed by atoms with Crippen LogP contribution in [0.4, 0.5) is 4.39 Å². The van der Waals surface area contributed by atoms with Gasteiger partial charge in [0.1, 0.15) is 11.6 Å². The number of halogens is 2. The van der Waals surface area contributed by atoms with Crippen LogP contribution < -0.4 is 10.5 Å². The Kier molecular flexibility index (Phi) is 4.45. The van der Waals surface area contributed by atoms with Crippen molar-refractivity contribution < 1.29 is 9.13 Å². The van der Waals surface area contributed by atoms with Crippen LogP contribution in [-0.2, 0) is 0 Å². The molecule has 0 radical (unpaired) electrons. The Morgan fingerprint density at radius 1 is 1.20 bits per heavy atom. The normalized spacial score (nSPS) is 12.3. The fourth-order valence-electron chi connectivity index (χ4n) is 2.46. The van der Waals surface area contributed by atoms with Gasteiger partial charge < -0.3 is 10.5 Å². The Labute approximate surface area is 126 Å². The Morgan fingerprint density at radius 3 is 2.30 bits per heavy atom. The van der Waals surface area contributed by atoms with Crippen LogP contribution >= 0.6 is 15.9 Å². The van der Waals surface area contributed by atoms with Crippen molar-refractivity contribution in [2.24, 2.45) is 5.73 Å². The lowest BCUT2D eigenvalue weighted by molar-refractivity contribution is 0.408. The highest BCUT2D eigenvalue weighted by Crippen LogP contribution is 2.32. The minimum absolute atomic E-state index is 0.307. The minimum atomic E-state index is -0.520. The van der Waals surface area contributed by atoms with E-state index in [1.54, 1.807) is 19.2 Å². The van der Waals surface area contributed by atoms with Crippen LogP contribution in [0.15, 0.2) is 34.8 Å². The van der Waals surface area contributed by atoms with E-state index in [1.807, 2.05) is 26.0 Å². The summed E-state index contributed by atoms with van der Waals surface area (Å²) in [5, 5.41) is 0. The van der Waals surface area contributed by atoms with Gasteiger partial charge >= 0.3 is 0 Å². The molecule has 0 aliphatic rings. The molecule has 1 atom stereocenters. The van der Waals surface area contributed by atoms with Gasteiger partial charge in [0.25, 0.3) is 0 Å². The predicted octanol–water partition coefficient (Wildman–Crippen LogP) is 4.26. The van der Waals surface area contributed by atoms with Crippen molar-refractivity contribution in [3.63, 3.8) is 0 Å². The highest BCUT2D eigenvalue weighted by Gasteiger charge is 2.18. The molecule has 20 heavy (non-hydrogen) atoms. The van der Waals surface area contributed by atoms with Crippen LogP contribution in [0.2, 0.25) is 0 Å². The quantitative estimate of drug-likeness (QED) is 0.907. The summed E-state index contributed by atoms with van der Waals surface area (Å²) in [4.78, 5) is 0. The molecule has 0 fully saturated rings. The average molecular weight is 338 g/mol. The van der Waals surface area contributed by atoms with Gasteiger partial charge in [-0.2, -0.15) is 0 Å². The topological polar surface area (TPSA) is 35.2 Å². The summed E-state index contributed by atoms with van der Waals surface area (Å²) in [6, 6.07) is 8.23. The summed E-state index contributed by atoms with van der Waals surface area (Å²) in [7, 11) is 1.64. The van der Waals surface area contributed by atoms with E-state index >= 15 is 0 Å². The predicted molar refractivity (Wildman–Crippen MR) is 82.6 cm³/mol. The monoisotopic (exact) mass is 337 g/mol. The second-order valence-corrected chi connectivity index (χ2v) is 5.66. The lowest BCUT2D eigenvalue weighted by Gasteiger charge is -2.18. The Balaban J connectivity index is 2.52. The van der Waals surface area contributed by atoms with Gasteiger partial charge in [-0.3, -0.25) is 0 Å². The summed E-state index contributed by atoms with van der Waals surface area (Å²) >= 11 is 3.37. The molecule has 0 saturated heterocycles. The third-order valence-electron chi connectivity index (χ3n) is 3.36. The molecule has 0 amide bonds. The molecule has 2 nitrogen and oxygen atoms in total. The van der Waals surface area contributed by atoms with Crippen molar-refractivity contribution in [2.75, 3.05) is 7.11 Å². The Bertz CT molecular complexity index is 599. The summed E-state index contributed by atoms with van der Waals surface area (Å²) in [5.41, 5.74) is 9.55. The molecule has 0 saturated carbocycles. The maximum atomic E-state index is 14.0. The van der Waals surface area contributed by atoms with Gasteiger partial charge in [-0.25, -0.2) is 4.39 Å². The summed E-state index contributed by atoms with van der Waals surface area (Å²) in [6.07, 6.45) is 0. The molecule has 1 unspecified atom stereocenters. The summed E-state index contributed by atoms with van der Waals surface area (Å²) in [5.74, 6) is 0.534. The first-order valence-corrected chi connectivity index (χ1v) is 7.09. The summed E-state index contributed by atoms with van der Waals surface area (Å²) in [6.45, 7) is 3.91. The molecule has 4 heteroatoms. The fraction of sp³-hybridized carbons (Fsp3) is 0.250. The van der Waals surface area contributed by atoms with E-state index in [1.165, 1.54) is 6.07 Å². The highest BCUT2D eigenvalue weighted by atomic mass is 79.9. The Hall–Kier alpha value is -1.39. The van der Waals surface area contributed by atoms with Crippen molar-refractivity contribution in [3.8, 4) is 5.75 Å². The smallest absolute Gasteiger partial charge is 0.129 e. The molecule has 2 aromatic carbocycles. The maximum Gasteiger partial charge on any atom is 0.129 e. The second-order valence-electron chi connectivity index (χ2n) is 4.80. The van der Waals surface area contributed by atoms with Crippen LogP contribution in [0.3, 0.4) is 0 Å². The maximum absolute atomic E-state index is 14.0. The number of benzene rings is 2. The van der Waals surface area contributed by atoms with Gasteiger partial charge in [0, 0.05) is 10.0 Å². The summed E-state index contributed by atoms with van der Waals surface area (Å²) < 4.78 is 20.0. The number of hydrogen-bond acceptors (Lipinski definition) is 2. The van der Waals surface area contributed by atoms with Gasteiger partial charge in [-0.1, -0.05) is 34.1 Å². The standard InChI is InChI=1S/C16H17BrFNO/c1-9-7-11(8-10(2)16(9)20-3)15(19)14-12(17)5-4-6-13(14)18/h4-8,15H,19H2,1-3H3. The highest BCUT2D eigenvalue weighted by molar-refractivity contribution is 9.10. The molecule has 0 bridgehead atoms. The third-order valence-corrected chi connectivity index (χ3v) is 4.05. The van der Waals surface area contributed by atoms with Gasteiger partial charge in [-0.15, -0.1) is 0 Å². The van der Waals surface area contributed by atoms with E-state index in [2.05, 4.69) is 15.9 Å². The van der Waals surface area contributed by atoms with Crippen LogP contribution in [0.25, 0.3) is 0 Å². The van der Waals surface area contributed by atoms with Crippen molar-refractivity contribution in [2.45, 2.75) is 19.9 Å². The lowest BCUT2D eigenvalue weighted by atomic mass is 9.95. The van der Waals surface area contributed by atoms with E-state index in [0.717, 1.165) is 22.4 Å². The van der Waals surface area contributed by atoms with Crippen molar-refractivity contribution in [3.05, 3.63) is 62.9 Å². The number of hydrogen-bond donors (Lipinski definition) is 1. The largest absolute Gasteiger partial charge is 0.496 e. The van der Waals surface area contributed by atoms with Crippen molar-refractivity contribution in [1.29, 1.82) is 0 Å². The van der Waals surface area contributed by atoms with Crippen molar-refractivity contribution >= 4 is 15.9 Å². The molecule has 0 aliphatic heterocycles. The molecule has 0 heterocycles. The van der Waals surface area contributed by atoms with Gasteiger partial charge in [0.2, 0.25) is 0 Å². The zero-order chi connectivity index (χ0) is 14.9. The molecule has 2 rings (SSSR count). The zero-order valence-electron chi connectivity index (χ0n) is 11.7. The Morgan fingerprint density at radius 2 is 1.80 bits per heavy atom. The number of ether oxygens (including phenoxy) is 1. The van der Waals surface area contributed by atoms with Crippen LogP contribution in [-0.4, -0.2) is 7.11 Å². The number of methoxy groups -OCH3 is 1. The van der Waals surface area contributed by atoms with E-state index in [0.29, 0.717) is 10.0 Å². The molecular formula is C16H17BrFNO. The second kappa shape index (κ2) is 5.94. The molecule has 2 N–H and O–H groups in total. The first-order chi connectivity index (χ1) is 9.45. The van der Waals surface area contributed by atoms with Crippen LogP contribution in [0.1, 0.15) is 28.3 Å². The molecule has 0 aliphatic carbocycles. The lowest BCUT2D eigenvalue weighted by Crippen LogP contribution is -2.15. The first-order valence-electron chi connectivity index (χ1n) is 6.30. The first kappa shape index (κ1) is 15.0. The van der Waals surface area contributed by atoms with E-state index in [9.17, 15) is 4.39 Å². The van der Waals surface area contributed by atoms with Crippen molar-refractivity contribution in [1.82, 2.24) is 0 Å². The molecule has 106 valence electrons. The van der Waals surface area contributed by atoms with Gasteiger partial charge in [0.05, 0.1) is 13.2 Å². The number of nitrogens with two attached hydrogens (primary N) is 1. The van der Waals surface area contributed by atoms with Gasteiger partial charge in [0.15, 0.2) is 0 Å². The zero-order valence-corrected chi connectivity index (χ0v) is 13.3. The van der Waals surface area contributed by atoms with E-state index in [-0.39, 0.29) is 5.82 Å². The molecular weight excluding hydrogens is 321 g/mol. The average Bonchev–Trinajstić information content (AvgIpc) is 2.37. The van der Waals surface area contributed by atoms with Crippen LogP contribution in [0, 0.1) is 19.7 Å². The van der Waals surface area contributed by atoms with E-state index < -0.39 is 6.04 Å². The molecule has 2 aromatic rings. The van der Waals surface area contributed by atoms with E-state index in [4.69, 9.17) is 10.5 Å². The van der Waals surface area contributed by atoms with Crippen LogP contribution in [0.5, 0.6) is 5.75 Å².